The van der Waals surface area contributed by atoms with Crippen molar-refractivity contribution in [3.05, 3.63) is 40.1 Å². The van der Waals surface area contributed by atoms with Gasteiger partial charge in [-0.05, 0) is 36.7 Å². The van der Waals surface area contributed by atoms with E-state index in [9.17, 15) is 20.1 Å². The van der Waals surface area contributed by atoms with Crippen LogP contribution in [0, 0.1) is 28.1 Å². The lowest BCUT2D eigenvalue weighted by atomic mass is 9.44. The van der Waals surface area contributed by atoms with Crippen molar-refractivity contribution in [2.24, 2.45) is 34.7 Å². The molecule has 5 heterocycles. The summed E-state index contributed by atoms with van der Waals surface area (Å²) in [7, 11) is 1.69. The van der Waals surface area contributed by atoms with E-state index in [2.05, 4.69) is 33.2 Å². The molecule has 0 radical (unpaired) electrons. The van der Waals surface area contributed by atoms with Crippen molar-refractivity contribution in [1.29, 1.82) is 5.41 Å². The number of aromatic nitrogens is 2. The summed E-state index contributed by atoms with van der Waals surface area (Å²) in [6.07, 6.45) is 7.23. The van der Waals surface area contributed by atoms with Crippen LogP contribution >= 0.6 is 0 Å². The molecule has 13 heteroatoms. The molecule has 0 aromatic carbocycles. The normalized spacial score (nSPS) is 37.6. The highest BCUT2D eigenvalue weighted by molar-refractivity contribution is 6.05. The number of aliphatic hydroxyl groups excluding tert-OH is 2. The molecule has 2 aliphatic carbocycles. The molecular weight excluding hydrogens is 568 g/mol. The van der Waals surface area contributed by atoms with E-state index in [1.165, 1.54) is 0 Å². The number of epoxide rings is 1. The molecule has 1 spiro atoms. The number of fused-ring (bicyclic) bond motifs is 2. The molecule has 13 nitrogen and oxygen atoms in total. The maximum atomic E-state index is 12.3. The third kappa shape index (κ3) is 4.39. The van der Waals surface area contributed by atoms with E-state index in [0.717, 1.165) is 25.9 Å². The lowest BCUT2D eigenvalue weighted by molar-refractivity contribution is -0.186. The Morgan fingerprint density at radius 3 is 2.73 bits per heavy atom. The number of carbonyl (C=O) groups is 1. The van der Waals surface area contributed by atoms with E-state index in [1.807, 2.05) is 13.0 Å². The number of imidazole rings is 1. The molecule has 44 heavy (non-hydrogen) atoms. The van der Waals surface area contributed by atoms with Crippen LogP contribution < -0.4 is 16.3 Å². The van der Waals surface area contributed by atoms with Gasteiger partial charge in [0.2, 0.25) is 5.96 Å². The fourth-order valence-corrected chi connectivity index (χ4v) is 8.59. The van der Waals surface area contributed by atoms with E-state index < -0.39 is 23.0 Å². The summed E-state index contributed by atoms with van der Waals surface area (Å²) >= 11 is 0. The standard InChI is InChI=1S/C31H40N6O7/c1-29-7-6-22(39)30(2,15-38)20(29)14-21(37-8-10-42-11-9-37)31(16-43-31)19(29)5-4-17-12-18(44-27(17)41)13-23-33-24-25(36(23)3)34-28(32)35-26(24)40/h4-5,12-13,19-22,38-39,41H,6-11,14-16H2,1-3H3,(H2,32,35,40)/b5-4+,23-13?/t19?,20?,21?,22-,29-,30+,31?/m1/s1. The number of aliphatic hydroxyl groups is 2. The van der Waals surface area contributed by atoms with Crippen LogP contribution in [-0.4, -0.2) is 98.9 Å². The number of aromatic hydroxyl groups is 1. The fourth-order valence-electron chi connectivity index (χ4n) is 8.59. The maximum Gasteiger partial charge on any atom is 0.289 e. The average molecular weight is 609 g/mol. The summed E-state index contributed by atoms with van der Waals surface area (Å²) < 4.78 is 19.3. The van der Waals surface area contributed by atoms with Crippen molar-refractivity contribution >= 4 is 24.0 Å². The molecule has 236 valence electrons. The lowest BCUT2D eigenvalue weighted by Crippen LogP contribution is -2.67. The second kappa shape index (κ2) is 10.3. The summed E-state index contributed by atoms with van der Waals surface area (Å²) in [4.78, 5) is 23.2. The molecule has 2 aromatic heterocycles. The highest BCUT2D eigenvalue weighted by Crippen LogP contribution is 2.66. The molecule has 5 N–H and O–H groups in total. The van der Waals surface area contributed by atoms with Crippen LogP contribution in [0.3, 0.4) is 0 Å². The molecule has 2 aromatic rings. The summed E-state index contributed by atoms with van der Waals surface area (Å²) in [5.41, 5.74) is -0.0487. The van der Waals surface area contributed by atoms with Crippen molar-refractivity contribution in [2.45, 2.75) is 50.9 Å². The number of hydrogen-bond donors (Lipinski definition) is 5. The first-order valence-corrected chi connectivity index (χ1v) is 15.3. The SMILES string of the molecule is Cn1c(=Cc2cc(/C=C/C3C4(CO4)C(N4CCOCC4)CC4[C@]3(C)CC[C@@H](O)[C@@]4(C)CO)c(O)o2)nc2c1=NC(=N)NC2=O. The number of guanidine groups is 1. The Morgan fingerprint density at radius 2 is 2.02 bits per heavy atom. The predicted octanol–water partition coefficient (Wildman–Crippen LogP) is 0.124. The van der Waals surface area contributed by atoms with Gasteiger partial charge in [0.05, 0.1) is 38.1 Å². The third-order valence-corrected chi connectivity index (χ3v) is 11.1. The van der Waals surface area contributed by atoms with Crippen molar-refractivity contribution in [3.8, 4) is 5.95 Å². The number of nitrogens with zero attached hydrogens (tertiary/aromatic N) is 4. The fraction of sp³-hybridized carbons (Fsp3) is 0.613. The van der Waals surface area contributed by atoms with Crippen LogP contribution in [0.4, 0.5) is 0 Å². The van der Waals surface area contributed by atoms with Crippen molar-refractivity contribution in [2.75, 3.05) is 39.5 Å². The molecule has 5 aliphatic rings. The molecular formula is C31H40N6O7. The minimum atomic E-state index is -0.650. The van der Waals surface area contributed by atoms with Gasteiger partial charge in [0.1, 0.15) is 16.8 Å². The number of furan rings is 1. The zero-order chi connectivity index (χ0) is 31.0. The number of ether oxygens (including phenoxy) is 2. The van der Waals surface area contributed by atoms with E-state index in [4.69, 9.17) is 19.3 Å². The van der Waals surface area contributed by atoms with Crippen molar-refractivity contribution < 1.29 is 34.0 Å². The minimum absolute atomic E-state index is 0.0430. The number of hydrogen-bond acceptors (Lipinski definition) is 10. The minimum Gasteiger partial charge on any atom is -0.480 e. The van der Waals surface area contributed by atoms with Crippen LogP contribution in [-0.2, 0) is 16.5 Å². The summed E-state index contributed by atoms with van der Waals surface area (Å²) in [5, 5.41) is 42.6. The predicted molar refractivity (Wildman–Crippen MR) is 157 cm³/mol. The van der Waals surface area contributed by atoms with Gasteiger partial charge in [-0.25, -0.2) is 4.98 Å². The summed E-state index contributed by atoms with van der Waals surface area (Å²) in [6, 6.07) is 1.82. The first-order chi connectivity index (χ1) is 21.0. The molecule has 2 saturated heterocycles. The van der Waals surface area contributed by atoms with Crippen LogP contribution in [0.1, 0.15) is 54.9 Å². The quantitative estimate of drug-likeness (QED) is 0.295. The van der Waals surface area contributed by atoms with Gasteiger partial charge in [-0.1, -0.05) is 26.0 Å². The van der Waals surface area contributed by atoms with Gasteiger partial charge >= 0.3 is 0 Å². The number of morpholine rings is 1. The first kappa shape index (κ1) is 29.4. The van der Waals surface area contributed by atoms with Crippen molar-refractivity contribution in [1.82, 2.24) is 19.8 Å². The maximum absolute atomic E-state index is 12.3. The molecule has 7 rings (SSSR count). The van der Waals surface area contributed by atoms with Gasteiger partial charge in [-0.3, -0.25) is 20.4 Å². The van der Waals surface area contributed by atoms with Gasteiger partial charge in [0, 0.05) is 43.6 Å². The number of carbonyl (C=O) groups excluding carboxylic acids is 1. The van der Waals surface area contributed by atoms with Gasteiger partial charge in [-0.15, -0.1) is 0 Å². The third-order valence-electron chi connectivity index (χ3n) is 11.1. The Morgan fingerprint density at radius 1 is 1.27 bits per heavy atom. The Hall–Kier alpha value is -3.36. The zero-order valence-corrected chi connectivity index (χ0v) is 25.2. The lowest BCUT2D eigenvalue weighted by Gasteiger charge is -2.63. The molecule has 2 saturated carbocycles. The Bertz CT molecular complexity index is 1650. The smallest absolute Gasteiger partial charge is 0.289 e. The van der Waals surface area contributed by atoms with Gasteiger partial charge in [0.15, 0.2) is 11.2 Å². The van der Waals surface area contributed by atoms with Crippen LogP contribution in [0.25, 0.3) is 12.2 Å². The van der Waals surface area contributed by atoms with Crippen LogP contribution in [0.5, 0.6) is 5.95 Å². The Balaban J connectivity index is 1.25. The summed E-state index contributed by atoms with van der Waals surface area (Å²) in [6.45, 7) is 7.76. The second-order valence-corrected chi connectivity index (χ2v) is 13.4. The monoisotopic (exact) mass is 608 g/mol. The van der Waals surface area contributed by atoms with Crippen LogP contribution in [0.15, 0.2) is 21.6 Å². The van der Waals surface area contributed by atoms with Gasteiger partial charge in [0.25, 0.3) is 11.9 Å². The molecule has 1 amide bonds. The number of nitrogens with one attached hydrogen (secondary N) is 2. The van der Waals surface area contributed by atoms with Gasteiger partial charge in [-0.2, -0.15) is 4.99 Å². The first-order valence-electron chi connectivity index (χ1n) is 15.3. The second-order valence-electron chi connectivity index (χ2n) is 13.4. The molecule has 7 atom stereocenters. The largest absolute Gasteiger partial charge is 0.480 e. The Kier molecular flexibility index (Phi) is 6.90. The molecule has 3 aliphatic heterocycles. The van der Waals surface area contributed by atoms with E-state index in [-0.39, 0.29) is 53.0 Å². The average Bonchev–Trinajstić information content (AvgIpc) is 3.61. The number of amides is 1. The molecule has 0 bridgehead atoms. The molecule has 4 unspecified atom stereocenters. The topological polar surface area (TPSA) is 182 Å². The van der Waals surface area contributed by atoms with Gasteiger partial charge < -0.3 is 33.8 Å². The highest BCUT2D eigenvalue weighted by atomic mass is 16.6. The Labute approximate surface area is 254 Å². The molecule has 4 fully saturated rings. The van der Waals surface area contributed by atoms with E-state index >= 15 is 0 Å². The van der Waals surface area contributed by atoms with Crippen molar-refractivity contribution in [3.63, 3.8) is 0 Å². The number of rotatable bonds is 5. The zero-order valence-electron chi connectivity index (χ0n) is 25.2. The van der Waals surface area contributed by atoms with Crippen LogP contribution in [0.2, 0.25) is 0 Å². The highest BCUT2D eigenvalue weighted by Gasteiger charge is 2.71. The van der Waals surface area contributed by atoms with E-state index in [0.29, 0.717) is 43.0 Å². The summed E-state index contributed by atoms with van der Waals surface area (Å²) in [5.74, 6) is -0.658. The van der Waals surface area contributed by atoms with E-state index in [1.54, 1.807) is 23.8 Å².